The zero-order valence-electron chi connectivity index (χ0n) is 9.24. The summed E-state index contributed by atoms with van der Waals surface area (Å²) < 4.78 is 5.79. The van der Waals surface area contributed by atoms with Crippen molar-refractivity contribution < 1.29 is 9.53 Å². The molecule has 5 heteroatoms. The van der Waals surface area contributed by atoms with Crippen LogP contribution >= 0.6 is 15.9 Å². The summed E-state index contributed by atoms with van der Waals surface area (Å²) in [6, 6.07) is 7.29. The maximum atomic E-state index is 11.6. The molecule has 0 fully saturated rings. The Morgan fingerprint density at radius 2 is 2.29 bits per heavy atom. The average molecular weight is 295 g/mol. The van der Waals surface area contributed by atoms with E-state index in [2.05, 4.69) is 20.9 Å². The van der Waals surface area contributed by atoms with Crippen molar-refractivity contribution in [2.45, 2.75) is 6.92 Å². The molecular weight excluding hydrogens is 284 g/mol. The minimum absolute atomic E-state index is 0.164. The number of nitrogen functional groups attached to an aromatic ring is 1. The molecule has 1 aromatic heterocycles. The van der Waals surface area contributed by atoms with Crippen LogP contribution < -0.4 is 5.73 Å². The Morgan fingerprint density at radius 3 is 3.00 bits per heavy atom. The molecular formula is C12H11BrN2O2. The second-order valence-electron chi connectivity index (χ2n) is 3.45. The third kappa shape index (κ3) is 2.24. The SMILES string of the molecule is CCOC(=O)c1nc2cccc(Br)c2cc1N. The van der Waals surface area contributed by atoms with Crippen molar-refractivity contribution in [1.29, 1.82) is 0 Å². The van der Waals surface area contributed by atoms with Gasteiger partial charge in [-0.05, 0) is 25.1 Å². The number of fused-ring (bicyclic) bond motifs is 1. The van der Waals surface area contributed by atoms with Gasteiger partial charge < -0.3 is 10.5 Å². The Kier molecular flexibility index (Phi) is 3.28. The van der Waals surface area contributed by atoms with Gasteiger partial charge >= 0.3 is 5.97 Å². The van der Waals surface area contributed by atoms with E-state index in [9.17, 15) is 4.79 Å². The fourth-order valence-electron chi connectivity index (χ4n) is 1.54. The van der Waals surface area contributed by atoms with Crippen LogP contribution in [0.2, 0.25) is 0 Å². The minimum Gasteiger partial charge on any atom is -0.461 e. The van der Waals surface area contributed by atoms with Crippen molar-refractivity contribution >= 4 is 38.5 Å². The van der Waals surface area contributed by atoms with Gasteiger partial charge in [-0.1, -0.05) is 22.0 Å². The van der Waals surface area contributed by atoms with E-state index in [0.29, 0.717) is 17.8 Å². The quantitative estimate of drug-likeness (QED) is 0.865. The molecule has 0 aliphatic heterocycles. The van der Waals surface area contributed by atoms with Crippen LogP contribution in [0.5, 0.6) is 0 Å². The van der Waals surface area contributed by atoms with Gasteiger partial charge in [0, 0.05) is 9.86 Å². The third-order valence-corrected chi connectivity index (χ3v) is 3.00. The van der Waals surface area contributed by atoms with E-state index in [4.69, 9.17) is 10.5 Å². The molecule has 0 saturated carbocycles. The summed E-state index contributed by atoms with van der Waals surface area (Å²) in [4.78, 5) is 15.8. The Bertz CT molecular complexity index is 584. The second kappa shape index (κ2) is 4.71. The normalized spacial score (nSPS) is 10.5. The molecule has 0 atom stereocenters. The van der Waals surface area contributed by atoms with E-state index < -0.39 is 5.97 Å². The first-order chi connectivity index (χ1) is 8.13. The number of carbonyl (C=O) groups excluding carboxylic acids is 1. The Balaban J connectivity index is 2.60. The van der Waals surface area contributed by atoms with E-state index in [0.717, 1.165) is 9.86 Å². The molecule has 0 saturated heterocycles. The molecule has 1 heterocycles. The summed E-state index contributed by atoms with van der Waals surface area (Å²) in [7, 11) is 0. The van der Waals surface area contributed by atoms with Gasteiger partial charge in [-0.3, -0.25) is 0 Å². The third-order valence-electron chi connectivity index (χ3n) is 2.30. The molecule has 0 bridgehead atoms. The van der Waals surface area contributed by atoms with Gasteiger partial charge in [-0.2, -0.15) is 0 Å². The lowest BCUT2D eigenvalue weighted by Gasteiger charge is -2.07. The summed E-state index contributed by atoms with van der Waals surface area (Å²) >= 11 is 3.41. The smallest absolute Gasteiger partial charge is 0.359 e. The van der Waals surface area contributed by atoms with Crippen LogP contribution in [0.1, 0.15) is 17.4 Å². The zero-order valence-corrected chi connectivity index (χ0v) is 10.8. The number of nitrogens with zero attached hydrogens (tertiary/aromatic N) is 1. The molecule has 88 valence electrons. The Hall–Kier alpha value is -1.62. The van der Waals surface area contributed by atoms with Crippen LogP contribution in [-0.4, -0.2) is 17.6 Å². The minimum atomic E-state index is -0.494. The highest BCUT2D eigenvalue weighted by Crippen LogP contribution is 2.26. The topological polar surface area (TPSA) is 65.2 Å². The van der Waals surface area contributed by atoms with Crippen molar-refractivity contribution in [1.82, 2.24) is 4.98 Å². The number of carbonyl (C=O) groups is 1. The summed E-state index contributed by atoms with van der Waals surface area (Å²) in [6.07, 6.45) is 0. The highest BCUT2D eigenvalue weighted by molar-refractivity contribution is 9.10. The molecule has 0 amide bonds. The standard InChI is InChI=1S/C12H11BrN2O2/c1-2-17-12(16)11-9(14)6-7-8(13)4-3-5-10(7)15-11/h3-6H,2,14H2,1H3. The Labute approximate surface area is 107 Å². The molecule has 1 aromatic carbocycles. The first-order valence-electron chi connectivity index (χ1n) is 5.15. The van der Waals surface area contributed by atoms with Crippen molar-refractivity contribution in [3.63, 3.8) is 0 Å². The molecule has 4 nitrogen and oxygen atoms in total. The van der Waals surface area contributed by atoms with Gasteiger partial charge in [0.25, 0.3) is 0 Å². The fourth-order valence-corrected chi connectivity index (χ4v) is 2.01. The monoisotopic (exact) mass is 294 g/mol. The molecule has 2 aromatic rings. The first kappa shape index (κ1) is 11.9. The number of halogens is 1. The molecule has 2 N–H and O–H groups in total. The lowest BCUT2D eigenvalue weighted by molar-refractivity contribution is 0.0521. The van der Waals surface area contributed by atoms with Crippen molar-refractivity contribution in [2.24, 2.45) is 0 Å². The van der Waals surface area contributed by atoms with Gasteiger partial charge in [-0.25, -0.2) is 9.78 Å². The van der Waals surface area contributed by atoms with Crippen molar-refractivity contribution in [3.05, 3.63) is 34.4 Å². The number of hydrogen-bond acceptors (Lipinski definition) is 4. The van der Waals surface area contributed by atoms with Crippen LogP contribution in [0, 0.1) is 0 Å². The number of hydrogen-bond donors (Lipinski definition) is 1. The summed E-state index contributed by atoms with van der Waals surface area (Å²) in [6.45, 7) is 2.04. The van der Waals surface area contributed by atoms with Crippen LogP contribution in [-0.2, 0) is 4.74 Å². The van der Waals surface area contributed by atoms with Gasteiger partial charge in [-0.15, -0.1) is 0 Å². The van der Waals surface area contributed by atoms with Gasteiger partial charge in [0.05, 0.1) is 17.8 Å². The number of nitrogens with two attached hydrogens (primary N) is 1. The number of anilines is 1. The number of benzene rings is 1. The maximum Gasteiger partial charge on any atom is 0.359 e. The number of aromatic nitrogens is 1. The lowest BCUT2D eigenvalue weighted by Crippen LogP contribution is -2.10. The largest absolute Gasteiger partial charge is 0.461 e. The van der Waals surface area contributed by atoms with Gasteiger partial charge in [0.1, 0.15) is 0 Å². The fraction of sp³-hybridized carbons (Fsp3) is 0.167. The van der Waals surface area contributed by atoms with Crippen molar-refractivity contribution in [3.8, 4) is 0 Å². The molecule has 0 aliphatic carbocycles. The van der Waals surface area contributed by atoms with Gasteiger partial charge in [0.2, 0.25) is 0 Å². The maximum absolute atomic E-state index is 11.6. The molecule has 0 spiro atoms. The number of rotatable bonds is 2. The van der Waals surface area contributed by atoms with Crippen molar-refractivity contribution in [2.75, 3.05) is 12.3 Å². The van der Waals surface area contributed by atoms with Gasteiger partial charge in [0.15, 0.2) is 5.69 Å². The lowest BCUT2D eigenvalue weighted by atomic mass is 10.2. The predicted molar refractivity (Wildman–Crippen MR) is 69.8 cm³/mol. The molecule has 0 unspecified atom stereocenters. The summed E-state index contributed by atoms with van der Waals surface area (Å²) in [5.41, 5.74) is 6.99. The summed E-state index contributed by atoms with van der Waals surface area (Å²) in [5.74, 6) is -0.494. The number of esters is 1. The summed E-state index contributed by atoms with van der Waals surface area (Å²) in [5, 5.41) is 0.873. The number of ether oxygens (including phenoxy) is 1. The molecule has 2 rings (SSSR count). The Morgan fingerprint density at radius 1 is 1.53 bits per heavy atom. The van der Waals surface area contributed by atoms with E-state index in [-0.39, 0.29) is 5.69 Å². The van der Waals surface area contributed by atoms with Crippen LogP contribution in [0.25, 0.3) is 10.9 Å². The zero-order chi connectivity index (χ0) is 12.4. The van der Waals surface area contributed by atoms with E-state index in [1.807, 2.05) is 18.2 Å². The molecule has 0 aliphatic rings. The molecule has 17 heavy (non-hydrogen) atoms. The first-order valence-corrected chi connectivity index (χ1v) is 5.94. The highest BCUT2D eigenvalue weighted by atomic mass is 79.9. The van der Waals surface area contributed by atoms with Crippen LogP contribution in [0.4, 0.5) is 5.69 Å². The average Bonchev–Trinajstić information content (AvgIpc) is 2.30. The van der Waals surface area contributed by atoms with E-state index in [1.165, 1.54) is 0 Å². The number of pyridine rings is 1. The predicted octanol–water partition coefficient (Wildman–Crippen LogP) is 2.76. The van der Waals surface area contributed by atoms with Crippen LogP contribution in [0.3, 0.4) is 0 Å². The van der Waals surface area contributed by atoms with E-state index >= 15 is 0 Å². The van der Waals surface area contributed by atoms with Crippen LogP contribution in [0.15, 0.2) is 28.7 Å². The van der Waals surface area contributed by atoms with E-state index in [1.54, 1.807) is 13.0 Å². The molecule has 0 radical (unpaired) electrons. The second-order valence-corrected chi connectivity index (χ2v) is 4.31. The highest BCUT2D eigenvalue weighted by Gasteiger charge is 2.14.